The van der Waals surface area contributed by atoms with Crippen molar-refractivity contribution in [1.29, 1.82) is 0 Å². The predicted octanol–water partition coefficient (Wildman–Crippen LogP) is 1.85. The summed E-state index contributed by atoms with van der Waals surface area (Å²) in [5.41, 5.74) is 1.13. The maximum Gasteiger partial charge on any atom is 0.317 e. The molecule has 2 N–H and O–H groups in total. The van der Waals surface area contributed by atoms with Gasteiger partial charge in [0.25, 0.3) is 0 Å². The third-order valence-corrected chi connectivity index (χ3v) is 4.18. The Morgan fingerprint density at radius 3 is 2.59 bits per heavy atom. The Hall–Kier alpha value is -1.59. The van der Waals surface area contributed by atoms with Gasteiger partial charge >= 0.3 is 6.03 Å². The Bertz CT molecular complexity index is 446. The number of likely N-dealkylation sites (N-methyl/N-ethyl adjacent to an activating group) is 1. The second-order valence-corrected chi connectivity index (χ2v) is 5.72. The molecule has 1 aromatic carbocycles. The molecule has 22 heavy (non-hydrogen) atoms. The third-order valence-electron chi connectivity index (χ3n) is 4.18. The summed E-state index contributed by atoms with van der Waals surface area (Å²) in [6.45, 7) is 5.93. The van der Waals surface area contributed by atoms with E-state index >= 15 is 0 Å². The van der Waals surface area contributed by atoms with Crippen LogP contribution in [0.25, 0.3) is 0 Å². The van der Waals surface area contributed by atoms with Crippen LogP contribution in [0.5, 0.6) is 0 Å². The molecular weight excluding hydrogens is 278 g/mol. The highest BCUT2D eigenvalue weighted by Gasteiger charge is 2.22. The molecule has 0 radical (unpaired) electrons. The Morgan fingerprint density at radius 1 is 1.32 bits per heavy atom. The lowest BCUT2D eigenvalue weighted by molar-refractivity contribution is 0.173. The summed E-state index contributed by atoms with van der Waals surface area (Å²) in [4.78, 5) is 16.4. The van der Waals surface area contributed by atoms with Gasteiger partial charge in [-0.3, -0.25) is 0 Å². The van der Waals surface area contributed by atoms with Gasteiger partial charge in [-0.2, -0.15) is 0 Å². The van der Waals surface area contributed by atoms with E-state index in [9.17, 15) is 4.79 Å². The number of aliphatic hydroxyl groups is 1. The van der Waals surface area contributed by atoms with E-state index in [1.165, 1.54) is 12.8 Å². The zero-order chi connectivity index (χ0) is 15.8. The first kappa shape index (κ1) is 16.8. The Morgan fingerprint density at radius 2 is 2.00 bits per heavy atom. The van der Waals surface area contributed by atoms with Crippen molar-refractivity contribution in [1.82, 2.24) is 15.1 Å². The first-order chi connectivity index (χ1) is 10.7. The summed E-state index contributed by atoms with van der Waals surface area (Å²) < 4.78 is 0. The maximum absolute atomic E-state index is 12.4. The van der Waals surface area contributed by atoms with Crippen molar-refractivity contribution in [3.63, 3.8) is 0 Å². The van der Waals surface area contributed by atoms with E-state index in [1.54, 1.807) is 4.90 Å². The van der Waals surface area contributed by atoms with Crippen LogP contribution in [0.1, 0.15) is 31.4 Å². The van der Waals surface area contributed by atoms with Gasteiger partial charge in [0, 0.05) is 19.6 Å². The van der Waals surface area contributed by atoms with Gasteiger partial charge in [-0.1, -0.05) is 30.3 Å². The van der Waals surface area contributed by atoms with E-state index in [-0.39, 0.29) is 18.7 Å². The fourth-order valence-corrected chi connectivity index (χ4v) is 2.91. The lowest BCUT2D eigenvalue weighted by Gasteiger charge is -2.28. The number of likely N-dealkylation sites (tertiary alicyclic amines) is 1. The molecule has 1 aliphatic rings. The predicted molar refractivity (Wildman–Crippen MR) is 87.7 cm³/mol. The Kier molecular flexibility index (Phi) is 6.68. The van der Waals surface area contributed by atoms with Gasteiger partial charge in [-0.15, -0.1) is 0 Å². The van der Waals surface area contributed by atoms with Crippen molar-refractivity contribution >= 4 is 6.03 Å². The Labute approximate surface area is 132 Å². The second-order valence-electron chi connectivity index (χ2n) is 5.72. The molecule has 1 aromatic rings. The van der Waals surface area contributed by atoms with Gasteiger partial charge in [0.15, 0.2) is 0 Å². The Balaban J connectivity index is 2.04. The third kappa shape index (κ3) is 4.71. The topological polar surface area (TPSA) is 55.8 Å². The van der Waals surface area contributed by atoms with Gasteiger partial charge < -0.3 is 20.2 Å². The lowest BCUT2D eigenvalue weighted by atomic mass is 10.1. The van der Waals surface area contributed by atoms with E-state index in [0.29, 0.717) is 13.1 Å². The van der Waals surface area contributed by atoms with E-state index in [2.05, 4.69) is 22.3 Å². The number of amides is 2. The minimum absolute atomic E-state index is 0.0105. The molecule has 2 rings (SSSR count). The summed E-state index contributed by atoms with van der Waals surface area (Å²) in [6, 6.07) is 9.99. The summed E-state index contributed by atoms with van der Waals surface area (Å²) in [5, 5.41) is 12.2. The molecule has 2 amide bonds. The van der Waals surface area contributed by atoms with Crippen LogP contribution < -0.4 is 5.32 Å². The van der Waals surface area contributed by atoms with E-state index in [0.717, 1.165) is 25.2 Å². The molecule has 1 aliphatic heterocycles. The lowest BCUT2D eigenvalue weighted by Crippen LogP contribution is -2.45. The van der Waals surface area contributed by atoms with Crippen molar-refractivity contribution in [3.8, 4) is 0 Å². The normalized spacial score (nSPS) is 16.5. The number of benzene rings is 1. The van der Waals surface area contributed by atoms with E-state index < -0.39 is 0 Å². The number of nitrogens with one attached hydrogen (secondary N) is 1. The van der Waals surface area contributed by atoms with Crippen molar-refractivity contribution in [2.24, 2.45) is 0 Å². The van der Waals surface area contributed by atoms with Crippen LogP contribution in [0.2, 0.25) is 0 Å². The first-order valence-electron chi connectivity index (χ1n) is 8.18. The number of aliphatic hydroxyl groups excluding tert-OH is 1. The molecule has 5 heteroatoms. The molecule has 0 bridgehead atoms. The van der Waals surface area contributed by atoms with Crippen LogP contribution in [-0.2, 0) is 0 Å². The first-order valence-corrected chi connectivity index (χ1v) is 8.18. The van der Waals surface area contributed by atoms with Crippen LogP contribution in [0.3, 0.4) is 0 Å². The largest absolute Gasteiger partial charge is 0.395 e. The van der Waals surface area contributed by atoms with Gasteiger partial charge in [-0.05, 0) is 38.4 Å². The molecule has 1 fully saturated rings. The molecular formula is C17H27N3O2. The van der Waals surface area contributed by atoms with Crippen LogP contribution in [0.4, 0.5) is 4.79 Å². The average molecular weight is 305 g/mol. The fourth-order valence-electron chi connectivity index (χ4n) is 2.91. The molecule has 0 spiro atoms. The zero-order valence-corrected chi connectivity index (χ0v) is 13.4. The van der Waals surface area contributed by atoms with Crippen LogP contribution in [-0.4, -0.2) is 60.3 Å². The SMILES string of the molecule is CCN(CCO)C(=O)NC(CN1CCCC1)c1ccccc1. The quantitative estimate of drug-likeness (QED) is 0.808. The minimum atomic E-state index is -0.107. The monoisotopic (exact) mass is 305 g/mol. The number of carbonyl (C=O) groups excluding carboxylic acids is 1. The molecule has 0 aromatic heterocycles. The molecule has 1 unspecified atom stereocenters. The minimum Gasteiger partial charge on any atom is -0.395 e. The van der Waals surface area contributed by atoms with Gasteiger partial charge in [-0.25, -0.2) is 4.79 Å². The van der Waals surface area contributed by atoms with Gasteiger partial charge in [0.2, 0.25) is 0 Å². The average Bonchev–Trinajstić information content (AvgIpc) is 3.05. The molecule has 122 valence electrons. The number of nitrogens with zero attached hydrogens (tertiary/aromatic N) is 2. The summed E-state index contributed by atoms with van der Waals surface area (Å²) in [7, 11) is 0. The molecule has 1 heterocycles. The van der Waals surface area contributed by atoms with Gasteiger partial charge in [0.05, 0.1) is 12.6 Å². The standard InChI is InChI=1S/C17H27N3O2/c1-2-20(12-13-21)17(22)18-16(14-19-10-6-7-11-19)15-8-4-3-5-9-15/h3-5,8-9,16,21H,2,6-7,10-14H2,1H3,(H,18,22). The number of carbonyl (C=O) groups is 1. The van der Waals surface area contributed by atoms with Crippen LogP contribution >= 0.6 is 0 Å². The van der Waals surface area contributed by atoms with Crippen molar-refractivity contribution in [3.05, 3.63) is 35.9 Å². The van der Waals surface area contributed by atoms with E-state index in [1.807, 2.05) is 25.1 Å². The zero-order valence-electron chi connectivity index (χ0n) is 13.4. The summed E-state index contributed by atoms with van der Waals surface area (Å²) >= 11 is 0. The molecule has 5 nitrogen and oxygen atoms in total. The second kappa shape index (κ2) is 8.76. The van der Waals surface area contributed by atoms with E-state index in [4.69, 9.17) is 5.11 Å². The van der Waals surface area contributed by atoms with Crippen LogP contribution in [0.15, 0.2) is 30.3 Å². The fraction of sp³-hybridized carbons (Fsp3) is 0.588. The molecule has 0 saturated carbocycles. The highest BCUT2D eigenvalue weighted by Crippen LogP contribution is 2.18. The van der Waals surface area contributed by atoms with Gasteiger partial charge in [0.1, 0.15) is 0 Å². The molecule has 1 atom stereocenters. The number of hydrogen-bond acceptors (Lipinski definition) is 3. The van der Waals surface area contributed by atoms with Crippen molar-refractivity contribution < 1.29 is 9.90 Å². The van der Waals surface area contributed by atoms with Crippen molar-refractivity contribution in [2.75, 3.05) is 39.3 Å². The highest BCUT2D eigenvalue weighted by molar-refractivity contribution is 5.74. The smallest absolute Gasteiger partial charge is 0.317 e. The van der Waals surface area contributed by atoms with Crippen molar-refractivity contribution in [2.45, 2.75) is 25.8 Å². The van der Waals surface area contributed by atoms with Crippen LogP contribution in [0, 0.1) is 0 Å². The maximum atomic E-state index is 12.4. The molecule has 1 saturated heterocycles. The number of rotatable bonds is 7. The number of hydrogen-bond donors (Lipinski definition) is 2. The summed E-state index contributed by atoms with van der Waals surface area (Å²) in [5.74, 6) is 0. The highest BCUT2D eigenvalue weighted by atomic mass is 16.3. The number of urea groups is 1. The summed E-state index contributed by atoms with van der Waals surface area (Å²) in [6.07, 6.45) is 2.47. The molecule has 0 aliphatic carbocycles.